The Morgan fingerprint density at radius 3 is 0.957 bits per heavy atom. The lowest BCUT2D eigenvalue weighted by Gasteiger charge is -2.13. The first-order chi connectivity index (χ1) is 22.8. The third kappa shape index (κ3) is 28.8. The SMILES string of the molecule is CCCCCCCCCCCCCCCCCCOCCOCCOCCOCCOCCOCCOCCN1C(=O)C=CC1=O. The number of carbonyl (C=O) groups excluding carboxylic acids is 2. The molecule has 0 saturated carbocycles. The second kappa shape index (κ2) is 34.9. The summed E-state index contributed by atoms with van der Waals surface area (Å²) in [4.78, 5) is 24.0. The van der Waals surface area contributed by atoms with Gasteiger partial charge in [-0.2, -0.15) is 0 Å². The second-order valence-electron chi connectivity index (χ2n) is 11.8. The van der Waals surface area contributed by atoms with Crippen LogP contribution >= 0.6 is 0 Å². The second-order valence-corrected chi connectivity index (χ2v) is 11.8. The highest BCUT2D eigenvalue weighted by Gasteiger charge is 2.22. The van der Waals surface area contributed by atoms with Crippen LogP contribution in [0, 0.1) is 0 Å². The van der Waals surface area contributed by atoms with E-state index in [0.717, 1.165) is 17.9 Å². The molecule has 10 nitrogen and oxygen atoms in total. The minimum atomic E-state index is -0.296. The fraction of sp³-hybridized carbons (Fsp3) is 0.889. The molecular formula is C36H67NO9. The first kappa shape index (κ1) is 42.6. The van der Waals surface area contributed by atoms with Crippen LogP contribution in [0.2, 0.25) is 0 Å². The maximum Gasteiger partial charge on any atom is 0.253 e. The average molecular weight is 658 g/mol. The minimum Gasteiger partial charge on any atom is -0.379 e. The maximum absolute atomic E-state index is 11.4. The zero-order chi connectivity index (χ0) is 33.0. The Bertz CT molecular complexity index is 689. The molecule has 0 aromatic heterocycles. The van der Waals surface area contributed by atoms with Crippen molar-refractivity contribution in [3.63, 3.8) is 0 Å². The van der Waals surface area contributed by atoms with E-state index in [1.54, 1.807) is 0 Å². The predicted octanol–water partition coefficient (Wildman–Crippen LogP) is 6.29. The molecule has 0 aromatic rings. The first-order valence-electron chi connectivity index (χ1n) is 18.3. The molecule has 0 radical (unpaired) electrons. The van der Waals surface area contributed by atoms with Gasteiger partial charge >= 0.3 is 0 Å². The van der Waals surface area contributed by atoms with Gasteiger partial charge in [-0.15, -0.1) is 0 Å². The molecular weight excluding hydrogens is 590 g/mol. The number of hydrogen-bond acceptors (Lipinski definition) is 9. The van der Waals surface area contributed by atoms with Crippen molar-refractivity contribution in [2.24, 2.45) is 0 Å². The van der Waals surface area contributed by atoms with Gasteiger partial charge in [0.1, 0.15) is 0 Å². The summed E-state index contributed by atoms with van der Waals surface area (Å²) in [6, 6.07) is 0. The molecule has 1 aliphatic heterocycles. The van der Waals surface area contributed by atoms with Gasteiger partial charge in [-0.25, -0.2) is 0 Å². The summed E-state index contributed by atoms with van der Waals surface area (Å²) in [6.45, 7) is 9.81. The zero-order valence-electron chi connectivity index (χ0n) is 29.2. The third-order valence-electron chi connectivity index (χ3n) is 7.73. The molecule has 10 heteroatoms. The lowest BCUT2D eigenvalue weighted by Crippen LogP contribution is -2.33. The van der Waals surface area contributed by atoms with Crippen molar-refractivity contribution in [3.8, 4) is 0 Å². The Labute approximate surface area is 280 Å². The number of nitrogens with zero attached hydrogens (tertiary/aromatic N) is 1. The molecule has 0 aliphatic carbocycles. The van der Waals surface area contributed by atoms with E-state index in [1.165, 1.54) is 108 Å². The van der Waals surface area contributed by atoms with Crippen molar-refractivity contribution in [3.05, 3.63) is 12.2 Å². The van der Waals surface area contributed by atoms with Crippen LogP contribution in [0.15, 0.2) is 12.2 Å². The molecule has 0 N–H and O–H groups in total. The Kier molecular flexibility index (Phi) is 32.4. The van der Waals surface area contributed by atoms with E-state index in [2.05, 4.69) is 6.92 Å². The monoisotopic (exact) mass is 657 g/mol. The van der Waals surface area contributed by atoms with E-state index in [9.17, 15) is 9.59 Å². The Hall–Kier alpha value is -1.40. The Balaban J connectivity index is 1.62. The minimum absolute atomic E-state index is 0.252. The normalized spacial score (nSPS) is 13.1. The summed E-state index contributed by atoms with van der Waals surface area (Å²) in [5.74, 6) is -0.592. The van der Waals surface area contributed by atoms with Gasteiger partial charge in [-0.05, 0) is 6.42 Å². The zero-order valence-corrected chi connectivity index (χ0v) is 29.2. The highest BCUT2D eigenvalue weighted by molar-refractivity contribution is 6.12. The maximum atomic E-state index is 11.4. The number of rotatable bonds is 38. The molecule has 46 heavy (non-hydrogen) atoms. The smallest absolute Gasteiger partial charge is 0.253 e. The van der Waals surface area contributed by atoms with Crippen LogP contribution in [-0.4, -0.2) is 116 Å². The molecule has 0 spiro atoms. The summed E-state index contributed by atoms with van der Waals surface area (Å²) in [5, 5.41) is 0. The number of unbranched alkanes of at least 4 members (excludes halogenated alkanes) is 15. The van der Waals surface area contributed by atoms with Gasteiger partial charge in [-0.1, -0.05) is 103 Å². The third-order valence-corrected chi connectivity index (χ3v) is 7.73. The lowest BCUT2D eigenvalue weighted by atomic mass is 10.0. The summed E-state index contributed by atoms with van der Waals surface area (Å²) >= 11 is 0. The highest BCUT2D eigenvalue weighted by Crippen LogP contribution is 2.13. The van der Waals surface area contributed by atoms with E-state index in [0.29, 0.717) is 85.9 Å². The van der Waals surface area contributed by atoms with Gasteiger partial charge < -0.3 is 33.2 Å². The summed E-state index contributed by atoms with van der Waals surface area (Å²) in [7, 11) is 0. The quantitative estimate of drug-likeness (QED) is 0.0560. The first-order valence-corrected chi connectivity index (χ1v) is 18.3. The van der Waals surface area contributed by atoms with Gasteiger partial charge in [0, 0.05) is 18.8 Å². The summed E-state index contributed by atoms with van der Waals surface area (Å²) < 4.78 is 38.5. The molecule has 0 fully saturated rings. The Morgan fingerprint density at radius 1 is 0.370 bits per heavy atom. The van der Waals surface area contributed by atoms with Crippen LogP contribution in [0.25, 0.3) is 0 Å². The largest absolute Gasteiger partial charge is 0.379 e. The number of hydrogen-bond donors (Lipinski definition) is 0. The van der Waals surface area contributed by atoms with Gasteiger partial charge in [0.2, 0.25) is 0 Å². The lowest BCUT2D eigenvalue weighted by molar-refractivity contribution is -0.137. The molecule has 1 aliphatic rings. The number of imide groups is 1. The molecule has 0 bridgehead atoms. The van der Waals surface area contributed by atoms with Crippen LogP contribution < -0.4 is 0 Å². The van der Waals surface area contributed by atoms with Crippen molar-refractivity contribution in [1.82, 2.24) is 4.90 Å². The fourth-order valence-corrected chi connectivity index (χ4v) is 4.98. The highest BCUT2D eigenvalue weighted by atomic mass is 16.6. The van der Waals surface area contributed by atoms with Gasteiger partial charge in [0.05, 0.1) is 92.4 Å². The molecule has 0 aromatic carbocycles. The molecule has 1 heterocycles. The van der Waals surface area contributed by atoms with Crippen LogP contribution in [0.5, 0.6) is 0 Å². The number of amides is 2. The summed E-state index contributed by atoms with van der Waals surface area (Å²) in [5.41, 5.74) is 0. The van der Waals surface area contributed by atoms with E-state index in [4.69, 9.17) is 33.2 Å². The van der Waals surface area contributed by atoms with Crippen molar-refractivity contribution in [1.29, 1.82) is 0 Å². The van der Waals surface area contributed by atoms with Crippen LogP contribution in [-0.2, 0) is 42.7 Å². The Morgan fingerprint density at radius 2 is 0.630 bits per heavy atom. The van der Waals surface area contributed by atoms with E-state index in [1.807, 2.05) is 0 Å². The van der Waals surface area contributed by atoms with Gasteiger partial charge in [0.25, 0.3) is 11.8 Å². The van der Waals surface area contributed by atoms with Crippen molar-refractivity contribution in [2.75, 3.05) is 99.0 Å². The molecule has 0 unspecified atom stereocenters. The average Bonchev–Trinajstić information content (AvgIpc) is 3.38. The van der Waals surface area contributed by atoms with Gasteiger partial charge in [0.15, 0.2) is 0 Å². The van der Waals surface area contributed by atoms with Crippen LogP contribution in [0.3, 0.4) is 0 Å². The molecule has 0 atom stereocenters. The van der Waals surface area contributed by atoms with Gasteiger partial charge in [-0.3, -0.25) is 14.5 Å². The van der Waals surface area contributed by atoms with E-state index >= 15 is 0 Å². The molecule has 1 rings (SSSR count). The standard InChI is InChI=1S/C36H67NO9/c1-2-3-4-5-6-7-8-9-10-11-12-13-14-15-16-17-21-40-23-25-42-27-29-44-31-33-46-34-32-45-30-28-43-26-24-41-22-20-37-35(38)18-19-36(37)39/h18-19H,2-17,20-34H2,1H3. The molecule has 0 saturated heterocycles. The summed E-state index contributed by atoms with van der Waals surface area (Å²) in [6.07, 6.45) is 24.7. The molecule has 270 valence electrons. The van der Waals surface area contributed by atoms with E-state index < -0.39 is 0 Å². The van der Waals surface area contributed by atoms with Crippen molar-refractivity contribution >= 4 is 11.8 Å². The molecule has 2 amide bonds. The topological polar surface area (TPSA) is 102 Å². The van der Waals surface area contributed by atoms with Crippen LogP contribution in [0.1, 0.15) is 110 Å². The fourth-order valence-electron chi connectivity index (χ4n) is 4.98. The number of ether oxygens (including phenoxy) is 7. The predicted molar refractivity (Wildman–Crippen MR) is 181 cm³/mol. The van der Waals surface area contributed by atoms with Crippen molar-refractivity contribution < 1.29 is 42.7 Å². The van der Waals surface area contributed by atoms with Crippen molar-refractivity contribution in [2.45, 2.75) is 110 Å². The number of carbonyl (C=O) groups is 2. The van der Waals surface area contributed by atoms with E-state index in [-0.39, 0.29) is 18.4 Å². The van der Waals surface area contributed by atoms with Crippen LogP contribution in [0.4, 0.5) is 0 Å².